The lowest BCUT2D eigenvalue weighted by molar-refractivity contribution is 0.211. The summed E-state index contributed by atoms with van der Waals surface area (Å²) in [6, 6.07) is 5.67. The van der Waals surface area contributed by atoms with Crippen molar-refractivity contribution in [1.82, 2.24) is 9.97 Å². The Morgan fingerprint density at radius 1 is 1.29 bits per heavy atom. The van der Waals surface area contributed by atoms with Crippen molar-refractivity contribution < 1.29 is 9.50 Å². The normalized spacial score (nSPS) is 12.7. The molecule has 1 atom stereocenters. The quantitative estimate of drug-likeness (QED) is 0.759. The zero-order valence-corrected chi connectivity index (χ0v) is 7.31. The van der Waals surface area contributed by atoms with Gasteiger partial charge in [-0.05, 0) is 17.7 Å². The summed E-state index contributed by atoms with van der Waals surface area (Å²) < 4.78 is 12.6. The number of nitrogens with one attached hydrogen (secondary N) is 1. The third-order valence-corrected chi connectivity index (χ3v) is 1.96. The second-order valence-electron chi connectivity index (χ2n) is 2.93. The van der Waals surface area contributed by atoms with Crippen LogP contribution in [0.15, 0.2) is 36.7 Å². The third kappa shape index (κ3) is 1.65. The summed E-state index contributed by atoms with van der Waals surface area (Å²) in [6.45, 7) is 0. The van der Waals surface area contributed by atoms with Crippen LogP contribution in [-0.4, -0.2) is 15.1 Å². The number of rotatable bonds is 2. The van der Waals surface area contributed by atoms with Crippen LogP contribution in [0, 0.1) is 5.82 Å². The van der Waals surface area contributed by atoms with Crippen LogP contribution in [0.3, 0.4) is 0 Å². The van der Waals surface area contributed by atoms with Gasteiger partial charge in [-0.2, -0.15) is 0 Å². The molecule has 0 radical (unpaired) electrons. The van der Waals surface area contributed by atoms with Gasteiger partial charge in [-0.3, -0.25) is 0 Å². The molecular weight excluding hydrogens is 183 g/mol. The summed E-state index contributed by atoms with van der Waals surface area (Å²) >= 11 is 0. The van der Waals surface area contributed by atoms with Crippen LogP contribution in [0.5, 0.6) is 0 Å². The average molecular weight is 192 g/mol. The van der Waals surface area contributed by atoms with Gasteiger partial charge < -0.3 is 10.1 Å². The van der Waals surface area contributed by atoms with E-state index in [4.69, 9.17) is 0 Å². The van der Waals surface area contributed by atoms with Crippen LogP contribution in [0.1, 0.15) is 17.5 Å². The van der Waals surface area contributed by atoms with Gasteiger partial charge in [0.15, 0.2) is 0 Å². The van der Waals surface area contributed by atoms with E-state index in [1.54, 1.807) is 12.4 Å². The zero-order valence-electron chi connectivity index (χ0n) is 7.31. The number of aromatic amines is 1. The molecule has 0 spiro atoms. The Morgan fingerprint density at radius 3 is 2.57 bits per heavy atom. The standard InChI is InChI=1S/C10H9FN2O/c11-8-3-1-7(2-4-8)9(14)10-12-5-6-13-10/h1-6,9,14H,(H,12,13). The topological polar surface area (TPSA) is 48.9 Å². The molecule has 0 aliphatic heterocycles. The summed E-state index contributed by atoms with van der Waals surface area (Å²) in [4.78, 5) is 6.71. The largest absolute Gasteiger partial charge is 0.380 e. The van der Waals surface area contributed by atoms with Gasteiger partial charge in [0.05, 0.1) is 0 Å². The molecule has 1 aromatic heterocycles. The molecule has 1 unspecified atom stereocenters. The van der Waals surface area contributed by atoms with E-state index in [0.29, 0.717) is 11.4 Å². The van der Waals surface area contributed by atoms with Crippen molar-refractivity contribution in [3.8, 4) is 0 Å². The van der Waals surface area contributed by atoms with Crippen LogP contribution in [0.25, 0.3) is 0 Å². The molecule has 14 heavy (non-hydrogen) atoms. The van der Waals surface area contributed by atoms with Gasteiger partial charge in [-0.1, -0.05) is 12.1 Å². The molecule has 0 fully saturated rings. The van der Waals surface area contributed by atoms with Gasteiger partial charge in [-0.25, -0.2) is 9.37 Å². The van der Waals surface area contributed by atoms with Crippen LogP contribution < -0.4 is 0 Å². The number of nitrogens with zero attached hydrogens (tertiary/aromatic N) is 1. The predicted octanol–water partition coefficient (Wildman–Crippen LogP) is 1.63. The first kappa shape index (κ1) is 8.90. The molecule has 1 aromatic carbocycles. The zero-order chi connectivity index (χ0) is 9.97. The molecule has 72 valence electrons. The molecule has 0 saturated carbocycles. The number of benzene rings is 1. The first-order chi connectivity index (χ1) is 6.77. The number of hydrogen-bond donors (Lipinski definition) is 2. The lowest BCUT2D eigenvalue weighted by Gasteiger charge is -2.07. The Hall–Kier alpha value is -1.68. The van der Waals surface area contributed by atoms with E-state index in [1.165, 1.54) is 24.3 Å². The number of aliphatic hydroxyl groups is 1. The first-order valence-corrected chi connectivity index (χ1v) is 4.20. The van der Waals surface area contributed by atoms with Gasteiger partial charge in [0.1, 0.15) is 17.7 Å². The van der Waals surface area contributed by atoms with Crippen molar-refractivity contribution in [2.75, 3.05) is 0 Å². The van der Waals surface area contributed by atoms with Crippen LogP contribution in [0.4, 0.5) is 4.39 Å². The minimum Gasteiger partial charge on any atom is -0.380 e. The van der Waals surface area contributed by atoms with E-state index in [0.717, 1.165) is 0 Å². The van der Waals surface area contributed by atoms with Gasteiger partial charge in [0.2, 0.25) is 0 Å². The van der Waals surface area contributed by atoms with Crippen molar-refractivity contribution in [3.63, 3.8) is 0 Å². The van der Waals surface area contributed by atoms with E-state index in [9.17, 15) is 9.50 Å². The van der Waals surface area contributed by atoms with E-state index >= 15 is 0 Å². The minimum atomic E-state index is -0.828. The molecule has 3 nitrogen and oxygen atoms in total. The Bertz CT molecular complexity index is 397. The molecule has 4 heteroatoms. The van der Waals surface area contributed by atoms with Crippen LogP contribution in [-0.2, 0) is 0 Å². The summed E-state index contributed by atoms with van der Waals surface area (Å²) in [7, 11) is 0. The first-order valence-electron chi connectivity index (χ1n) is 4.20. The molecule has 2 aromatic rings. The summed E-state index contributed by atoms with van der Waals surface area (Å²) in [6.07, 6.45) is 2.36. The molecule has 1 heterocycles. The highest BCUT2D eigenvalue weighted by Gasteiger charge is 2.11. The van der Waals surface area contributed by atoms with E-state index in [2.05, 4.69) is 9.97 Å². The maximum absolute atomic E-state index is 12.6. The molecule has 0 amide bonds. The van der Waals surface area contributed by atoms with Crippen molar-refractivity contribution in [1.29, 1.82) is 0 Å². The average Bonchev–Trinajstić information content (AvgIpc) is 2.71. The van der Waals surface area contributed by atoms with E-state index < -0.39 is 6.10 Å². The molecule has 2 N–H and O–H groups in total. The second kappa shape index (κ2) is 3.59. The Morgan fingerprint density at radius 2 is 2.00 bits per heavy atom. The van der Waals surface area contributed by atoms with Gasteiger partial charge in [-0.15, -0.1) is 0 Å². The summed E-state index contributed by atoms with van der Waals surface area (Å²) in [5.74, 6) is 0.136. The number of H-pyrrole nitrogens is 1. The fraction of sp³-hybridized carbons (Fsp3) is 0.100. The smallest absolute Gasteiger partial charge is 0.139 e. The second-order valence-corrected chi connectivity index (χ2v) is 2.93. The monoisotopic (exact) mass is 192 g/mol. The number of halogens is 1. The lowest BCUT2D eigenvalue weighted by Crippen LogP contribution is -2.01. The minimum absolute atomic E-state index is 0.319. The maximum atomic E-state index is 12.6. The Balaban J connectivity index is 2.28. The summed E-state index contributed by atoms with van der Waals surface area (Å²) in [5.41, 5.74) is 0.612. The molecule has 0 aliphatic carbocycles. The number of hydrogen-bond acceptors (Lipinski definition) is 2. The van der Waals surface area contributed by atoms with Crippen molar-refractivity contribution in [2.45, 2.75) is 6.10 Å². The lowest BCUT2D eigenvalue weighted by atomic mass is 10.1. The fourth-order valence-corrected chi connectivity index (χ4v) is 1.23. The van der Waals surface area contributed by atoms with E-state index in [-0.39, 0.29) is 5.82 Å². The molecule has 0 saturated heterocycles. The Kier molecular flexibility index (Phi) is 2.28. The van der Waals surface area contributed by atoms with Crippen molar-refractivity contribution in [3.05, 3.63) is 53.9 Å². The van der Waals surface area contributed by atoms with Gasteiger partial charge >= 0.3 is 0 Å². The van der Waals surface area contributed by atoms with Gasteiger partial charge in [0.25, 0.3) is 0 Å². The molecule has 0 bridgehead atoms. The molecule has 2 rings (SSSR count). The highest BCUT2D eigenvalue weighted by atomic mass is 19.1. The Labute approximate surface area is 80.2 Å². The van der Waals surface area contributed by atoms with Crippen LogP contribution in [0.2, 0.25) is 0 Å². The predicted molar refractivity (Wildman–Crippen MR) is 49.0 cm³/mol. The van der Waals surface area contributed by atoms with Gasteiger partial charge in [0, 0.05) is 12.4 Å². The molecular formula is C10H9FN2O. The highest BCUT2D eigenvalue weighted by Crippen LogP contribution is 2.18. The van der Waals surface area contributed by atoms with Crippen LogP contribution >= 0.6 is 0 Å². The number of aromatic nitrogens is 2. The number of imidazole rings is 1. The van der Waals surface area contributed by atoms with E-state index in [1.807, 2.05) is 0 Å². The summed E-state index contributed by atoms with van der Waals surface area (Å²) in [5, 5.41) is 9.76. The van der Waals surface area contributed by atoms with Crippen molar-refractivity contribution in [2.24, 2.45) is 0 Å². The SMILES string of the molecule is OC(c1ccc(F)cc1)c1ncc[nH]1. The highest BCUT2D eigenvalue weighted by molar-refractivity contribution is 5.23. The maximum Gasteiger partial charge on any atom is 0.139 e. The van der Waals surface area contributed by atoms with Crippen molar-refractivity contribution >= 4 is 0 Å². The fourth-order valence-electron chi connectivity index (χ4n) is 1.23. The third-order valence-electron chi connectivity index (χ3n) is 1.96. The number of aliphatic hydroxyl groups excluding tert-OH is 1. The molecule has 0 aliphatic rings.